The maximum atomic E-state index is 13.5. The van der Waals surface area contributed by atoms with Crippen LogP contribution < -0.4 is 5.32 Å². The summed E-state index contributed by atoms with van der Waals surface area (Å²) in [4.78, 5) is 27.4. The van der Waals surface area contributed by atoms with Gasteiger partial charge in [0, 0.05) is 31.7 Å². The lowest BCUT2D eigenvalue weighted by Gasteiger charge is -2.34. The fraction of sp³-hybridized carbons (Fsp3) is 0.231. The molecule has 0 unspecified atom stereocenters. The van der Waals surface area contributed by atoms with Gasteiger partial charge in [0.05, 0.1) is 17.4 Å². The molecule has 7 nitrogen and oxygen atoms in total. The molecule has 1 atom stereocenters. The van der Waals surface area contributed by atoms with E-state index in [0.29, 0.717) is 5.56 Å². The van der Waals surface area contributed by atoms with Gasteiger partial charge < -0.3 is 10.2 Å². The summed E-state index contributed by atoms with van der Waals surface area (Å²) in [5.74, 6) is -1.09. The minimum Gasteiger partial charge on any atom is -0.345 e. The monoisotopic (exact) mass is 495 g/mol. The number of carbonyl (C=O) groups excluding carboxylic acids is 2. The molecule has 9 heteroatoms. The fourth-order valence-electron chi connectivity index (χ4n) is 4.03. The van der Waals surface area contributed by atoms with Crippen molar-refractivity contribution in [3.05, 3.63) is 102 Å². The summed E-state index contributed by atoms with van der Waals surface area (Å²) in [5.41, 5.74) is 1.30. The summed E-state index contributed by atoms with van der Waals surface area (Å²) in [7, 11) is -3.85. The van der Waals surface area contributed by atoms with Gasteiger partial charge in [-0.2, -0.15) is 4.31 Å². The predicted molar refractivity (Wildman–Crippen MR) is 129 cm³/mol. The maximum absolute atomic E-state index is 13.5. The first kappa shape index (κ1) is 24.6. The lowest BCUT2D eigenvalue weighted by Crippen LogP contribution is -2.51. The van der Waals surface area contributed by atoms with Crippen LogP contribution in [-0.4, -0.2) is 55.6 Å². The number of nitrogens with zero attached hydrogens (tertiary/aromatic N) is 2. The van der Waals surface area contributed by atoms with E-state index in [1.165, 1.54) is 22.5 Å². The molecule has 1 fully saturated rings. The number of rotatable bonds is 7. The molecular formula is C26H26FN3O4S. The SMILES string of the molecule is O=C(N[C@H](CC(=O)N1CCN(S(=O)(=O)c2cccc(F)c2)CC1)c1ccccc1)c1ccccc1. The smallest absolute Gasteiger partial charge is 0.251 e. The van der Waals surface area contributed by atoms with Crippen LogP contribution in [0.2, 0.25) is 0 Å². The average molecular weight is 496 g/mol. The zero-order valence-corrected chi connectivity index (χ0v) is 19.8. The van der Waals surface area contributed by atoms with E-state index in [1.54, 1.807) is 29.2 Å². The number of nitrogens with one attached hydrogen (secondary N) is 1. The van der Waals surface area contributed by atoms with Crippen LogP contribution in [-0.2, 0) is 14.8 Å². The number of hydrogen-bond donors (Lipinski definition) is 1. The summed E-state index contributed by atoms with van der Waals surface area (Å²) >= 11 is 0. The van der Waals surface area contributed by atoms with E-state index in [9.17, 15) is 22.4 Å². The molecule has 0 aromatic heterocycles. The minimum atomic E-state index is -3.85. The molecule has 0 aliphatic carbocycles. The summed E-state index contributed by atoms with van der Waals surface area (Å²) < 4.78 is 40.5. The van der Waals surface area contributed by atoms with Gasteiger partial charge in [-0.25, -0.2) is 12.8 Å². The van der Waals surface area contributed by atoms with Crippen molar-refractivity contribution < 1.29 is 22.4 Å². The van der Waals surface area contributed by atoms with Gasteiger partial charge in [-0.1, -0.05) is 54.6 Å². The topological polar surface area (TPSA) is 86.8 Å². The van der Waals surface area contributed by atoms with Crippen molar-refractivity contribution in [2.45, 2.75) is 17.4 Å². The Kier molecular flexibility index (Phi) is 7.57. The Morgan fingerprint density at radius 3 is 2.11 bits per heavy atom. The van der Waals surface area contributed by atoms with Gasteiger partial charge in [0.15, 0.2) is 0 Å². The Labute approximate surface area is 204 Å². The van der Waals surface area contributed by atoms with E-state index in [-0.39, 0.29) is 49.3 Å². The highest BCUT2D eigenvalue weighted by molar-refractivity contribution is 7.89. The van der Waals surface area contributed by atoms with Crippen molar-refractivity contribution in [2.24, 2.45) is 0 Å². The Balaban J connectivity index is 1.42. The second-order valence-electron chi connectivity index (χ2n) is 8.25. The minimum absolute atomic E-state index is 0.0409. The molecule has 1 heterocycles. The largest absolute Gasteiger partial charge is 0.345 e. The first-order valence-electron chi connectivity index (χ1n) is 11.3. The van der Waals surface area contributed by atoms with E-state index < -0.39 is 21.9 Å². The van der Waals surface area contributed by atoms with E-state index >= 15 is 0 Å². The number of halogens is 1. The standard InChI is InChI=1S/C26H26FN3O4S/c27-22-12-7-13-23(18-22)35(33,34)30-16-14-29(15-17-30)25(31)19-24(20-8-3-1-4-9-20)28-26(32)21-10-5-2-6-11-21/h1-13,18,24H,14-17,19H2,(H,28,32)/t24-/m1/s1. The Hall–Kier alpha value is -3.56. The molecule has 182 valence electrons. The van der Waals surface area contributed by atoms with E-state index in [4.69, 9.17) is 0 Å². The molecular weight excluding hydrogens is 469 g/mol. The number of carbonyl (C=O) groups is 2. The van der Waals surface area contributed by atoms with Gasteiger partial charge in [0.25, 0.3) is 5.91 Å². The van der Waals surface area contributed by atoms with Crippen molar-refractivity contribution in [2.75, 3.05) is 26.2 Å². The molecule has 3 aromatic rings. The molecule has 0 bridgehead atoms. The third-order valence-electron chi connectivity index (χ3n) is 5.95. The maximum Gasteiger partial charge on any atom is 0.251 e. The van der Waals surface area contributed by atoms with E-state index in [1.807, 2.05) is 36.4 Å². The van der Waals surface area contributed by atoms with Gasteiger partial charge in [0.2, 0.25) is 15.9 Å². The number of benzene rings is 3. The molecule has 2 amide bonds. The van der Waals surface area contributed by atoms with Crippen LogP contribution in [0.3, 0.4) is 0 Å². The van der Waals surface area contributed by atoms with Gasteiger partial charge in [-0.15, -0.1) is 0 Å². The molecule has 1 N–H and O–H groups in total. The highest BCUT2D eigenvalue weighted by atomic mass is 32.2. The fourth-order valence-corrected chi connectivity index (χ4v) is 5.48. The molecule has 0 radical (unpaired) electrons. The second-order valence-corrected chi connectivity index (χ2v) is 10.2. The average Bonchev–Trinajstić information content (AvgIpc) is 2.89. The molecule has 4 rings (SSSR count). The zero-order chi connectivity index (χ0) is 24.8. The van der Waals surface area contributed by atoms with Gasteiger partial charge in [-0.3, -0.25) is 9.59 Å². The number of amides is 2. The van der Waals surface area contributed by atoms with Crippen LogP contribution in [0.5, 0.6) is 0 Å². The van der Waals surface area contributed by atoms with Crippen LogP contribution in [0, 0.1) is 5.82 Å². The zero-order valence-electron chi connectivity index (χ0n) is 19.0. The van der Waals surface area contributed by atoms with Crippen LogP contribution in [0.1, 0.15) is 28.4 Å². The Morgan fingerprint density at radius 1 is 0.857 bits per heavy atom. The third kappa shape index (κ3) is 5.93. The molecule has 1 aliphatic heterocycles. The van der Waals surface area contributed by atoms with Crippen LogP contribution in [0.25, 0.3) is 0 Å². The van der Waals surface area contributed by atoms with Crippen molar-refractivity contribution in [3.8, 4) is 0 Å². The molecule has 35 heavy (non-hydrogen) atoms. The number of hydrogen-bond acceptors (Lipinski definition) is 4. The second kappa shape index (κ2) is 10.8. The summed E-state index contributed by atoms with van der Waals surface area (Å²) in [5, 5.41) is 2.95. The number of piperazine rings is 1. The Morgan fingerprint density at radius 2 is 1.49 bits per heavy atom. The first-order valence-corrected chi connectivity index (χ1v) is 12.7. The van der Waals surface area contributed by atoms with Crippen molar-refractivity contribution in [3.63, 3.8) is 0 Å². The highest BCUT2D eigenvalue weighted by Crippen LogP contribution is 2.22. The molecule has 1 aliphatic rings. The lowest BCUT2D eigenvalue weighted by molar-refractivity contribution is -0.132. The third-order valence-corrected chi connectivity index (χ3v) is 7.84. The van der Waals surface area contributed by atoms with Crippen LogP contribution >= 0.6 is 0 Å². The number of sulfonamides is 1. The van der Waals surface area contributed by atoms with Crippen molar-refractivity contribution in [1.82, 2.24) is 14.5 Å². The Bertz CT molecular complexity index is 1280. The predicted octanol–water partition coefficient (Wildman–Crippen LogP) is 3.22. The molecule has 1 saturated heterocycles. The molecule has 0 spiro atoms. The van der Waals surface area contributed by atoms with E-state index in [2.05, 4.69) is 5.32 Å². The summed E-state index contributed by atoms with van der Waals surface area (Å²) in [6.45, 7) is 0.636. The highest BCUT2D eigenvalue weighted by Gasteiger charge is 2.31. The summed E-state index contributed by atoms with van der Waals surface area (Å²) in [6, 6.07) is 22.4. The molecule has 3 aromatic carbocycles. The van der Waals surface area contributed by atoms with Gasteiger partial charge in [-0.05, 0) is 35.9 Å². The van der Waals surface area contributed by atoms with Crippen LogP contribution in [0.4, 0.5) is 4.39 Å². The quantitative estimate of drug-likeness (QED) is 0.545. The lowest BCUT2D eigenvalue weighted by atomic mass is 10.0. The van der Waals surface area contributed by atoms with E-state index in [0.717, 1.165) is 11.6 Å². The summed E-state index contributed by atoms with van der Waals surface area (Å²) in [6.07, 6.45) is 0.0409. The van der Waals surface area contributed by atoms with Crippen LogP contribution in [0.15, 0.2) is 89.8 Å². The first-order chi connectivity index (χ1) is 16.8. The van der Waals surface area contributed by atoms with Gasteiger partial charge in [0.1, 0.15) is 5.82 Å². The van der Waals surface area contributed by atoms with Gasteiger partial charge >= 0.3 is 0 Å². The van der Waals surface area contributed by atoms with Crippen molar-refractivity contribution in [1.29, 1.82) is 0 Å². The molecule has 0 saturated carbocycles. The van der Waals surface area contributed by atoms with Crippen molar-refractivity contribution >= 4 is 21.8 Å². The normalized spacial score (nSPS) is 15.4.